The van der Waals surface area contributed by atoms with Crippen LogP contribution in [-0.2, 0) is 0 Å². The van der Waals surface area contributed by atoms with Gasteiger partial charge in [0, 0.05) is 5.69 Å². The van der Waals surface area contributed by atoms with Gasteiger partial charge >= 0.3 is 6.18 Å². The highest BCUT2D eigenvalue weighted by Gasteiger charge is 2.38. The van der Waals surface area contributed by atoms with Crippen LogP contribution in [0.5, 0.6) is 0 Å². The molecule has 4 N–H and O–H groups in total. The van der Waals surface area contributed by atoms with Gasteiger partial charge in [-0.3, -0.25) is 4.79 Å². The first-order valence-corrected chi connectivity index (χ1v) is 4.80. The fourth-order valence-corrected chi connectivity index (χ4v) is 1.13. The summed E-state index contributed by atoms with van der Waals surface area (Å²) in [5.74, 6) is -1.74. The van der Waals surface area contributed by atoms with Gasteiger partial charge in [-0.1, -0.05) is 0 Å². The molecule has 0 saturated heterocycles. The number of nitrogens with one attached hydrogen (secondary N) is 1. The van der Waals surface area contributed by atoms with Crippen molar-refractivity contribution in [3.8, 4) is 0 Å². The van der Waals surface area contributed by atoms with Gasteiger partial charge in [0.25, 0.3) is 5.91 Å². The maximum absolute atomic E-state index is 12.8. The predicted molar refractivity (Wildman–Crippen MR) is 55.2 cm³/mol. The van der Waals surface area contributed by atoms with Crippen molar-refractivity contribution < 1.29 is 27.5 Å². The van der Waals surface area contributed by atoms with Crippen LogP contribution in [0.25, 0.3) is 0 Å². The van der Waals surface area contributed by atoms with Gasteiger partial charge in [-0.15, -0.1) is 0 Å². The number of carbonyl (C=O) groups excluding carboxylic acids is 1. The van der Waals surface area contributed by atoms with Crippen molar-refractivity contribution in [1.82, 2.24) is 5.32 Å². The Bertz CT molecular complexity index is 448. The SMILES string of the molecule is Nc1ccc(F)cc1C(=O)NCC(O)C(F)(F)F. The number of benzene rings is 1. The second-order valence-electron chi connectivity index (χ2n) is 3.50. The zero-order chi connectivity index (χ0) is 13.9. The van der Waals surface area contributed by atoms with Gasteiger partial charge in [-0.05, 0) is 18.2 Å². The first-order chi connectivity index (χ1) is 8.21. The Hall–Kier alpha value is -1.83. The maximum Gasteiger partial charge on any atom is 0.416 e. The van der Waals surface area contributed by atoms with E-state index in [-0.39, 0.29) is 11.3 Å². The third kappa shape index (κ3) is 3.59. The molecule has 0 bridgehead atoms. The van der Waals surface area contributed by atoms with Crippen molar-refractivity contribution in [2.24, 2.45) is 0 Å². The van der Waals surface area contributed by atoms with E-state index in [1.54, 1.807) is 0 Å². The monoisotopic (exact) mass is 266 g/mol. The first kappa shape index (κ1) is 14.2. The van der Waals surface area contributed by atoms with E-state index in [2.05, 4.69) is 0 Å². The second kappa shape index (κ2) is 5.21. The molecule has 1 amide bonds. The summed E-state index contributed by atoms with van der Waals surface area (Å²) in [7, 11) is 0. The molecule has 0 fully saturated rings. The normalized spacial score (nSPS) is 13.2. The van der Waals surface area contributed by atoms with Crippen molar-refractivity contribution in [2.45, 2.75) is 12.3 Å². The number of anilines is 1. The quantitative estimate of drug-likeness (QED) is 0.565. The van der Waals surface area contributed by atoms with Crippen molar-refractivity contribution >= 4 is 11.6 Å². The number of hydrogen-bond donors (Lipinski definition) is 3. The molecule has 0 aliphatic heterocycles. The van der Waals surface area contributed by atoms with E-state index >= 15 is 0 Å². The molecule has 0 saturated carbocycles. The van der Waals surface area contributed by atoms with Crippen molar-refractivity contribution in [3.63, 3.8) is 0 Å². The second-order valence-corrected chi connectivity index (χ2v) is 3.50. The van der Waals surface area contributed by atoms with E-state index in [1.807, 2.05) is 5.32 Å². The number of amides is 1. The summed E-state index contributed by atoms with van der Waals surface area (Å²) in [4.78, 5) is 11.4. The summed E-state index contributed by atoms with van der Waals surface area (Å²) in [6, 6.07) is 2.92. The van der Waals surface area contributed by atoms with Crippen LogP contribution >= 0.6 is 0 Å². The van der Waals surface area contributed by atoms with Crippen molar-refractivity contribution in [1.29, 1.82) is 0 Å². The zero-order valence-electron chi connectivity index (χ0n) is 8.96. The van der Waals surface area contributed by atoms with Crippen LogP contribution in [0.3, 0.4) is 0 Å². The van der Waals surface area contributed by atoms with Crippen LogP contribution in [0, 0.1) is 5.82 Å². The number of nitrogen functional groups attached to an aromatic ring is 1. The number of aliphatic hydroxyl groups is 1. The highest BCUT2D eigenvalue weighted by molar-refractivity contribution is 5.99. The minimum Gasteiger partial charge on any atom is -0.398 e. The summed E-state index contributed by atoms with van der Waals surface area (Å²) < 4.78 is 48.7. The Morgan fingerprint density at radius 3 is 2.61 bits per heavy atom. The first-order valence-electron chi connectivity index (χ1n) is 4.80. The van der Waals surface area contributed by atoms with Gasteiger partial charge in [0.2, 0.25) is 0 Å². The molecule has 1 unspecified atom stereocenters. The molecule has 0 aliphatic carbocycles. The number of halogens is 4. The summed E-state index contributed by atoms with van der Waals surface area (Å²) in [5.41, 5.74) is 5.01. The molecule has 1 aromatic rings. The lowest BCUT2D eigenvalue weighted by atomic mass is 10.1. The number of rotatable bonds is 3. The smallest absolute Gasteiger partial charge is 0.398 e. The summed E-state index contributed by atoms with van der Waals surface area (Å²) in [5, 5.41) is 10.5. The average Bonchev–Trinajstić information content (AvgIpc) is 2.27. The minimum atomic E-state index is -4.83. The van der Waals surface area contributed by atoms with Gasteiger partial charge in [0.05, 0.1) is 12.1 Å². The number of aliphatic hydroxyl groups excluding tert-OH is 1. The molecule has 100 valence electrons. The molecule has 1 atom stereocenters. The minimum absolute atomic E-state index is 0.0737. The number of alkyl halides is 3. The lowest BCUT2D eigenvalue weighted by Crippen LogP contribution is -2.40. The molecule has 0 radical (unpaired) electrons. The molecule has 1 aromatic carbocycles. The largest absolute Gasteiger partial charge is 0.416 e. The maximum atomic E-state index is 12.8. The van der Waals surface area contributed by atoms with Crippen molar-refractivity contribution in [3.05, 3.63) is 29.6 Å². The molecule has 0 heterocycles. The molecular weight excluding hydrogens is 256 g/mol. The van der Waals surface area contributed by atoms with Gasteiger partial charge in [0.15, 0.2) is 6.10 Å². The van der Waals surface area contributed by atoms with E-state index in [9.17, 15) is 22.4 Å². The van der Waals surface area contributed by atoms with Crippen LogP contribution in [0.1, 0.15) is 10.4 Å². The molecular formula is C10H10F4N2O2. The highest BCUT2D eigenvalue weighted by Crippen LogP contribution is 2.19. The summed E-state index contributed by atoms with van der Waals surface area (Å²) in [6.45, 7) is -1.03. The fraction of sp³-hybridized carbons (Fsp3) is 0.300. The molecule has 1 rings (SSSR count). The van der Waals surface area contributed by atoms with Gasteiger partial charge in [0.1, 0.15) is 5.82 Å². The van der Waals surface area contributed by atoms with E-state index in [0.29, 0.717) is 0 Å². The lowest BCUT2D eigenvalue weighted by Gasteiger charge is -2.15. The molecule has 18 heavy (non-hydrogen) atoms. The Morgan fingerprint density at radius 1 is 1.44 bits per heavy atom. The zero-order valence-corrected chi connectivity index (χ0v) is 8.96. The Labute approximate surface area is 99.4 Å². The fourth-order valence-electron chi connectivity index (χ4n) is 1.13. The highest BCUT2D eigenvalue weighted by atomic mass is 19.4. The number of hydrogen-bond acceptors (Lipinski definition) is 3. The van der Waals surface area contributed by atoms with E-state index < -0.39 is 30.5 Å². The molecule has 0 spiro atoms. The Kier molecular flexibility index (Phi) is 4.12. The van der Waals surface area contributed by atoms with Crippen LogP contribution in [0.15, 0.2) is 18.2 Å². The standard InChI is InChI=1S/C10H10F4N2O2/c11-5-1-2-7(15)6(3-5)9(18)16-4-8(17)10(12,13)14/h1-3,8,17H,4,15H2,(H,16,18). The Balaban J connectivity index is 2.69. The van der Waals surface area contributed by atoms with Crippen LogP contribution in [0.2, 0.25) is 0 Å². The molecule has 0 aliphatic rings. The number of nitrogens with two attached hydrogens (primary N) is 1. The van der Waals surface area contributed by atoms with Gasteiger partial charge in [-0.2, -0.15) is 13.2 Å². The third-order valence-corrected chi connectivity index (χ3v) is 2.09. The molecule has 0 aromatic heterocycles. The van der Waals surface area contributed by atoms with Crippen molar-refractivity contribution in [2.75, 3.05) is 12.3 Å². The third-order valence-electron chi connectivity index (χ3n) is 2.09. The topological polar surface area (TPSA) is 75.4 Å². The van der Waals surface area contributed by atoms with Gasteiger partial charge in [-0.25, -0.2) is 4.39 Å². The predicted octanol–water partition coefficient (Wildman–Crippen LogP) is 1.06. The van der Waals surface area contributed by atoms with Crippen LogP contribution < -0.4 is 11.1 Å². The van der Waals surface area contributed by atoms with Crippen LogP contribution in [0.4, 0.5) is 23.2 Å². The summed E-state index contributed by atoms with van der Waals surface area (Å²) >= 11 is 0. The number of carbonyl (C=O) groups is 1. The average molecular weight is 266 g/mol. The van der Waals surface area contributed by atoms with E-state index in [4.69, 9.17) is 10.8 Å². The van der Waals surface area contributed by atoms with Gasteiger partial charge < -0.3 is 16.2 Å². The molecule has 4 nitrogen and oxygen atoms in total. The lowest BCUT2D eigenvalue weighted by molar-refractivity contribution is -0.201. The van der Waals surface area contributed by atoms with E-state index in [1.165, 1.54) is 0 Å². The summed E-state index contributed by atoms with van der Waals surface area (Å²) in [6.07, 6.45) is -7.52. The Morgan fingerprint density at radius 2 is 2.06 bits per heavy atom. The molecule has 8 heteroatoms. The van der Waals surface area contributed by atoms with Crippen LogP contribution in [-0.4, -0.2) is 29.8 Å². The van der Waals surface area contributed by atoms with E-state index in [0.717, 1.165) is 18.2 Å².